The summed E-state index contributed by atoms with van der Waals surface area (Å²) in [6, 6.07) is 11.9. The second-order valence-electron chi connectivity index (χ2n) is 6.95. The fourth-order valence-electron chi connectivity index (χ4n) is 3.25. The number of nitrogens with zero attached hydrogens (tertiary/aromatic N) is 2. The normalized spacial score (nSPS) is 18.6. The zero-order valence-corrected chi connectivity index (χ0v) is 18.4. The van der Waals surface area contributed by atoms with Gasteiger partial charge in [-0.1, -0.05) is 29.3 Å². The Labute approximate surface area is 187 Å². The van der Waals surface area contributed by atoms with E-state index >= 15 is 0 Å². The van der Waals surface area contributed by atoms with E-state index in [1.807, 2.05) is 29.6 Å². The van der Waals surface area contributed by atoms with Crippen LogP contribution < -0.4 is 10.1 Å². The van der Waals surface area contributed by atoms with Crippen molar-refractivity contribution in [2.75, 3.05) is 7.11 Å². The third kappa shape index (κ3) is 3.64. The number of carbonyl (C=O) groups excluding carboxylic acids is 2. The SMILES string of the molecule is COc1ccc(-c2nc(CN3C(=O)NC(C)(c4ccc(Cl)c(Cl)c4)C3=O)cs2)cc1. The van der Waals surface area contributed by atoms with Crippen molar-refractivity contribution in [3.8, 4) is 16.3 Å². The highest BCUT2D eigenvalue weighted by atomic mass is 35.5. The molecule has 0 spiro atoms. The third-order valence-electron chi connectivity index (χ3n) is 4.98. The molecule has 9 heteroatoms. The highest BCUT2D eigenvalue weighted by molar-refractivity contribution is 7.13. The number of ether oxygens (including phenoxy) is 1. The number of rotatable bonds is 5. The molecule has 1 saturated heterocycles. The topological polar surface area (TPSA) is 71.5 Å². The van der Waals surface area contributed by atoms with Crippen molar-refractivity contribution >= 4 is 46.5 Å². The van der Waals surface area contributed by atoms with E-state index in [4.69, 9.17) is 27.9 Å². The lowest BCUT2D eigenvalue weighted by Gasteiger charge is -2.22. The molecule has 2 heterocycles. The van der Waals surface area contributed by atoms with E-state index in [1.165, 1.54) is 11.3 Å². The molecule has 3 aromatic rings. The van der Waals surface area contributed by atoms with Crippen molar-refractivity contribution < 1.29 is 14.3 Å². The van der Waals surface area contributed by atoms with Gasteiger partial charge < -0.3 is 10.1 Å². The van der Waals surface area contributed by atoms with Crippen LogP contribution in [0.15, 0.2) is 47.8 Å². The van der Waals surface area contributed by atoms with Crippen LogP contribution in [0.1, 0.15) is 18.2 Å². The molecule has 2 aromatic carbocycles. The average Bonchev–Trinajstić information content (AvgIpc) is 3.29. The van der Waals surface area contributed by atoms with Gasteiger partial charge in [0.15, 0.2) is 0 Å². The third-order valence-corrected chi connectivity index (χ3v) is 6.66. The highest BCUT2D eigenvalue weighted by Gasteiger charge is 2.49. The van der Waals surface area contributed by atoms with Gasteiger partial charge in [0.2, 0.25) is 0 Å². The molecule has 6 nitrogen and oxygen atoms in total. The maximum atomic E-state index is 13.1. The molecule has 1 fully saturated rings. The number of benzene rings is 2. The fraction of sp³-hybridized carbons (Fsp3) is 0.190. The molecule has 0 aliphatic carbocycles. The molecule has 3 amide bonds. The lowest BCUT2D eigenvalue weighted by atomic mass is 9.92. The lowest BCUT2D eigenvalue weighted by Crippen LogP contribution is -2.40. The summed E-state index contributed by atoms with van der Waals surface area (Å²) >= 11 is 13.5. The average molecular weight is 462 g/mol. The molecule has 1 unspecified atom stereocenters. The number of amides is 3. The van der Waals surface area contributed by atoms with Gasteiger partial charge >= 0.3 is 6.03 Å². The number of aromatic nitrogens is 1. The summed E-state index contributed by atoms with van der Waals surface area (Å²) in [4.78, 5) is 31.4. The predicted molar refractivity (Wildman–Crippen MR) is 117 cm³/mol. The van der Waals surface area contributed by atoms with Crippen LogP contribution in [0.25, 0.3) is 10.6 Å². The summed E-state index contributed by atoms with van der Waals surface area (Å²) in [5.74, 6) is 0.390. The van der Waals surface area contributed by atoms with Crippen LogP contribution in [-0.4, -0.2) is 28.9 Å². The summed E-state index contributed by atoms with van der Waals surface area (Å²) in [6.07, 6.45) is 0. The molecular formula is C21H17Cl2N3O3S. The molecule has 0 bridgehead atoms. The number of nitrogens with one attached hydrogen (secondary N) is 1. The number of urea groups is 1. The molecule has 154 valence electrons. The lowest BCUT2D eigenvalue weighted by molar-refractivity contribution is -0.131. The number of carbonyl (C=O) groups is 2. The minimum atomic E-state index is -1.22. The Hall–Kier alpha value is -2.61. The summed E-state index contributed by atoms with van der Waals surface area (Å²) in [5, 5.41) is 6.10. The van der Waals surface area contributed by atoms with E-state index in [1.54, 1.807) is 32.2 Å². The largest absolute Gasteiger partial charge is 0.497 e. The van der Waals surface area contributed by atoms with E-state index in [0.29, 0.717) is 21.3 Å². The van der Waals surface area contributed by atoms with Gasteiger partial charge in [0, 0.05) is 10.9 Å². The predicted octanol–water partition coefficient (Wildman–Crippen LogP) is 5.09. The zero-order chi connectivity index (χ0) is 21.5. The van der Waals surface area contributed by atoms with Crippen LogP contribution >= 0.6 is 34.5 Å². The number of thiazole rings is 1. The molecule has 1 aliphatic rings. The Morgan fingerprint density at radius 1 is 1.13 bits per heavy atom. The van der Waals surface area contributed by atoms with Crippen molar-refractivity contribution in [1.29, 1.82) is 0 Å². The van der Waals surface area contributed by atoms with E-state index in [2.05, 4.69) is 10.3 Å². The summed E-state index contributed by atoms with van der Waals surface area (Å²) in [6.45, 7) is 1.73. The van der Waals surface area contributed by atoms with Gasteiger partial charge in [-0.25, -0.2) is 9.78 Å². The highest BCUT2D eigenvalue weighted by Crippen LogP contribution is 2.34. The maximum Gasteiger partial charge on any atom is 0.325 e. The first-order valence-electron chi connectivity index (χ1n) is 9.00. The summed E-state index contributed by atoms with van der Waals surface area (Å²) in [5.41, 5.74) is 0.910. The molecule has 0 saturated carbocycles. The zero-order valence-electron chi connectivity index (χ0n) is 16.1. The number of imide groups is 1. The van der Waals surface area contributed by atoms with Gasteiger partial charge in [0.05, 0.1) is 29.4 Å². The van der Waals surface area contributed by atoms with E-state index in [9.17, 15) is 9.59 Å². The first kappa shape index (κ1) is 20.7. The van der Waals surface area contributed by atoms with Crippen LogP contribution in [0.4, 0.5) is 4.79 Å². The standard InChI is InChI=1S/C21H17Cl2N3O3S/c1-21(13-5-8-16(22)17(23)9-13)19(27)26(20(28)25-21)10-14-11-30-18(24-14)12-3-6-15(29-2)7-4-12/h3-9,11H,10H2,1-2H3,(H,25,28). The summed E-state index contributed by atoms with van der Waals surface area (Å²) in [7, 11) is 1.61. The molecule has 30 heavy (non-hydrogen) atoms. The van der Waals surface area contributed by atoms with Crippen LogP contribution in [0.5, 0.6) is 5.75 Å². The van der Waals surface area contributed by atoms with Crippen molar-refractivity contribution in [3.05, 3.63) is 69.1 Å². The van der Waals surface area contributed by atoms with E-state index in [-0.39, 0.29) is 12.5 Å². The number of halogens is 2. The monoisotopic (exact) mass is 461 g/mol. The van der Waals surface area contributed by atoms with Crippen molar-refractivity contribution in [1.82, 2.24) is 15.2 Å². The molecule has 4 rings (SSSR count). The van der Waals surface area contributed by atoms with Gasteiger partial charge in [-0.05, 0) is 48.9 Å². The Bertz CT molecular complexity index is 1130. The second-order valence-corrected chi connectivity index (χ2v) is 8.62. The Morgan fingerprint density at radius 2 is 1.87 bits per heavy atom. The van der Waals surface area contributed by atoms with Crippen LogP contribution in [-0.2, 0) is 16.9 Å². The smallest absolute Gasteiger partial charge is 0.325 e. The Balaban J connectivity index is 1.55. The van der Waals surface area contributed by atoms with Crippen LogP contribution in [0.3, 0.4) is 0 Å². The van der Waals surface area contributed by atoms with Crippen LogP contribution in [0.2, 0.25) is 10.0 Å². The number of hydrogen-bond donors (Lipinski definition) is 1. The summed E-state index contributed by atoms with van der Waals surface area (Å²) < 4.78 is 5.17. The maximum absolute atomic E-state index is 13.1. The molecule has 0 radical (unpaired) electrons. The van der Waals surface area contributed by atoms with Crippen molar-refractivity contribution in [3.63, 3.8) is 0 Å². The molecule has 1 N–H and O–H groups in total. The quantitative estimate of drug-likeness (QED) is 0.536. The van der Waals surface area contributed by atoms with Crippen molar-refractivity contribution in [2.24, 2.45) is 0 Å². The molecular weight excluding hydrogens is 445 g/mol. The first-order valence-corrected chi connectivity index (χ1v) is 10.6. The molecule has 1 atom stereocenters. The fourth-order valence-corrected chi connectivity index (χ4v) is 4.37. The van der Waals surface area contributed by atoms with Crippen molar-refractivity contribution in [2.45, 2.75) is 19.0 Å². The van der Waals surface area contributed by atoms with E-state index < -0.39 is 11.6 Å². The molecule has 1 aliphatic heterocycles. The van der Waals surface area contributed by atoms with Gasteiger partial charge in [0.25, 0.3) is 5.91 Å². The van der Waals surface area contributed by atoms with Gasteiger partial charge in [-0.15, -0.1) is 11.3 Å². The van der Waals surface area contributed by atoms with E-state index in [0.717, 1.165) is 21.2 Å². The minimum Gasteiger partial charge on any atom is -0.497 e. The Kier molecular flexibility index (Phi) is 5.44. The number of hydrogen-bond acceptors (Lipinski definition) is 5. The Morgan fingerprint density at radius 3 is 2.53 bits per heavy atom. The van der Waals surface area contributed by atoms with Crippen LogP contribution in [0, 0.1) is 0 Å². The first-order chi connectivity index (χ1) is 14.3. The minimum absolute atomic E-state index is 0.0776. The second kappa shape index (κ2) is 7.91. The molecule has 1 aromatic heterocycles. The van der Waals surface area contributed by atoms with Gasteiger partial charge in [-0.3, -0.25) is 9.69 Å². The van der Waals surface area contributed by atoms with Gasteiger partial charge in [0.1, 0.15) is 16.3 Å². The van der Waals surface area contributed by atoms with Gasteiger partial charge in [-0.2, -0.15) is 0 Å². The number of methoxy groups -OCH3 is 1.